The zero-order valence-corrected chi connectivity index (χ0v) is 13.4. The molecule has 120 valence electrons. The van der Waals surface area contributed by atoms with Gasteiger partial charge in [-0.05, 0) is 36.8 Å². The molecule has 0 aliphatic rings. The van der Waals surface area contributed by atoms with Gasteiger partial charge in [0, 0.05) is 16.9 Å². The van der Waals surface area contributed by atoms with E-state index >= 15 is 0 Å². The van der Waals surface area contributed by atoms with Crippen molar-refractivity contribution in [2.24, 2.45) is 0 Å². The predicted octanol–water partition coefficient (Wildman–Crippen LogP) is 3.48. The van der Waals surface area contributed by atoms with Gasteiger partial charge in [-0.2, -0.15) is 15.8 Å². The Morgan fingerprint density at radius 2 is 1.64 bits per heavy atom. The molecule has 6 heteroatoms. The van der Waals surface area contributed by atoms with E-state index in [1.807, 2.05) is 25.1 Å². The van der Waals surface area contributed by atoms with Crippen molar-refractivity contribution in [2.75, 3.05) is 10.6 Å². The van der Waals surface area contributed by atoms with Crippen molar-refractivity contribution < 1.29 is 4.79 Å². The minimum atomic E-state index is -0.322. The number of anilines is 2. The Bertz CT molecular complexity index is 954. The topological polar surface area (TPSA) is 112 Å². The lowest BCUT2D eigenvalue weighted by Gasteiger charge is -2.10. The van der Waals surface area contributed by atoms with Crippen LogP contribution in [0.3, 0.4) is 0 Å². The SMILES string of the molecule is Cc1ccccc1NC(=O)c1cccc(NC(C#N)=C(C#N)C#N)c1. The first-order valence-electron chi connectivity index (χ1n) is 7.27. The van der Waals surface area contributed by atoms with E-state index in [-0.39, 0.29) is 17.2 Å². The van der Waals surface area contributed by atoms with Gasteiger partial charge in [0.2, 0.25) is 0 Å². The van der Waals surface area contributed by atoms with Crippen LogP contribution < -0.4 is 10.6 Å². The number of rotatable bonds is 4. The van der Waals surface area contributed by atoms with E-state index in [1.165, 1.54) is 6.07 Å². The minimum absolute atomic E-state index is 0.165. The van der Waals surface area contributed by atoms with Gasteiger partial charge >= 0.3 is 0 Å². The van der Waals surface area contributed by atoms with E-state index in [0.29, 0.717) is 16.9 Å². The first-order chi connectivity index (χ1) is 12.1. The number of para-hydroxylation sites is 1. The third-order valence-corrected chi connectivity index (χ3v) is 3.37. The highest BCUT2D eigenvalue weighted by Gasteiger charge is 2.10. The number of carbonyl (C=O) groups excluding carboxylic acids is 1. The molecule has 2 N–H and O–H groups in total. The van der Waals surface area contributed by atoms with E-state index < -0.39 is 0 Å². The van der Waals surface area contributed by atoms with Gasteiger partial charge in [-0.25, -0.2) is 0 Å². The number of hydrogen-bond donors (Lipinski definition) is 2. The Balaban J connectivity index is 2.25. The average molecular weight is 327 g/mol. The number of nitrogens with zero attached hydrogens (tertiary/aromatic N) is 3. The van der Waals surface area contributed by atoms with Gasteiger partial charge in [-0.3, -0.25) is 4.79 Å². The number of nitrogens with one attached hydrogen (secondary N) is 2. The van der Waals surface area contributed by atoms with Gasteiger partial charge in [0.05, 0.1) is 0 Å². The van der Waals surface area contributed by atoms with Crippen LogP contribution >= 0.6 is 0 Å². The van der Waals surface area contributed by atoms with E-state index in [4.69, 9.17) is 15.8 Å². The summed E-state index contributed by atoms with van der Waals surface area (Å²) in [6.45, 7) is 1.89. The molecule has 0 unspecified atom stereocenters. The van der Waals surface area contributed by atoms with Crippen molar-refractivity contribution >= 4 is 17.3 Å². The molecular weight excluding hydrogens is 314 g/mol. The number of amides is 1. The highest BCUT2D eigenvalue weighted by molar-refractivity contribution is 6.05. The van der Waals surface area contributed by atoms with Gasteiger partial charge in [-0.15, -0.1) is 0 Å². The molecule has 0 saturated carbocycles. The molecule has 0 atom stereocenters. The van der Waals surface area contributed by atoms with E-state index in [2.05, 4.69) is 10.6 Å². The molecule has 0 aliphatic carbocycles. The molecule has 0 spiro atoms. The Labute approximate surface area is 145 Å². The fraction of sp³-hybridized carbons (Fsp3) is 0.0526. The Morgan fingerprint density at radius 3 is 2.28 bits per heavy atom. The molecule has 0 saturated heterocycles. The first kappa shape index (κ1) is 17.3. The molecule has 0 radical (unpaired) electrons. The summed E-state index contributed by atoms with van der Waals surface area (Å²) in [6.07, 6.45) is 0. The quantitative estimate of drug-likeness (QED) is 0.835. The number of carbonyl (C=O) groups is 1. The molecule has 2 aromatic carbocycles. The predicted molar refractivity (Wildman–Crippen MR) is 93.1 cm³/mol. The standard InChI is InChI=1S/C19H13N5O/c1-13-5-2-3-8-17(13)24-19(25)14-6-4-7-16(9-14)23-18(12-22)15(10-20)11-21/h2-9,23H,1H3,(H,24,25). The summed E-state index contributed by atoms with van der Waals surface area (Å²) in [5.74, 6) is -0.304. The lowest BCUT2D eigenvalue weighted by atomic mass is 10.1. The number of allylic oxidation sites excluding steroid dienone is 2. The molecule has 2 rings (SSSR count). The van der Waals surface area contributed by atoms with Crippen molar-refractivity contribution in [1.82, 2.24) is 0 Å². The van der Waals surface area contributed by atoms with Crippen molar-refractivity contribution in [3.63, 3.8) is 0 Å². The van der Waals surface area contributed by atoms with Crippen LogP contribution in [0.2, 0.25) is 0 Å². The molecule has 6 nitrogen and oxygen atoms in total. The molecule has 0 bridgehead atoms. The van der Waals surface area contributed by atoms with Gasteiger partial charge in [-0.1, -0.05) is 24.3 Å². The summed E-state index contributed by atoms with van der Waals surface area (Å²) in [4.78, 5) is 12.4. The molecule has 0 aliphatic heterocycles. The Morgan fingerprint density at radius 1 is 0.920 bits per heavy atom. The highest BCUT2D eigenvalue weighted by Crippen LogP contribution is 2.18. The van der Waals surface area contributed by atoms with Crippen molar-refractivity contribution in [3.8, 4) is 18.2 Å². The maximum absolute atomic E-state index is 12.4. The smallest absolute Gasteiger partial charge is 0.255 e. The van der Waals surface area contributed by atoms with Gasteiger partial charge < -0.3 is 10.6 Å². The Hall–Kier alpha value is -4.08. The Kier molecular flexibility index (Phi) is 5.50. The van der Waals surface area contributed by atoms with E-state index in [9.17, 15) is 4.79 Å². The number of hydrogen-bond acceptors (Lipinski definition) is 5. The molecule has 25 heavy (non-hydrogen) atoms. The second-order valence-electron chi connectivity index (χ2n) is 5.06. The maximum atomic E-state index is 12.4. The molecule has 1 amide bonds. The second kappa shape index (κ2) is 7.97. The number of nitriles is 3. The fourth-order valence-electron chi connectivity index (χ4n) is 2.07. The van der Waals surface area contributed by atoms with Crippen LogP contribution in [0.5, 0.6) is 0 Å². The summed E-state index contributed by atoms with van der Waals surface area (Å²) in [6, 6.07) is 18.9. The molecule has 0 fully saturated rings. The van der Waals surface area contributed by atoms with Crippen LogP contribution in [0.15, 0.2) is 59.8 Å². The lowest BCUT2D eigenvalue weighted by Crippen LogP contribution is -2.13. The van der Waals surface area contributed by atoms with Crippen molar-refractivity contribution in [1.29, 1.82) is 15.8 Å². The summed E-state index contributed by atoms with van der Waals surface area (Å²) in [5.41, 5.74) is 1.96. The summed E-state index contributed by atoms with van der Waals surface area (Å²) in [5, 5.41) is 32.3. The van der Waals surface area contributed by atoms with Gasteiger partial charge in [0.25, 0.3) is 5.91 Å². The number of aryl methyl sites for hydroxylation is 1. The van der Waals surface area contributed by atoms with E-state index in [0.717, 1.165) is 5.56 Å². The van der Waals surface area contributed by atoms with Crippen LogP contribution in [0.4, 0.5) is 11.4 Å². The third-order valence-electron chi connectivity index (χ3n) is 3.37. The minimum Gasteiger partial charge on any atom is -0.345 e. The van der Waals surface area contributed by atoms with Crippen molar-refractivity contribution in [2.45, 2.75) is 6.92 Å². The zero-order valence-electron chi connectivity index (χ0n) is 13.4. The lowest BCUT2D eigenvalue weighted by molar-refractivity contribution is 0.102. The van der Waals surface area contributed by atoms with E-state index in [1.54, 1.807) is 42.5 Å². The molecule has 0 heterocycles. The van der Waals surface area contributed by atoms with Gasteiger partial charge in [0.15, 0.2) is 5.57 Å². The molecule has 0 aromatic heterocycles. The summed E-state index contributed by atoms with van der Waals surface area (Å²) >= 11 is 0. The third kappa shape index (κ3) is 4.22. The highest BCUT2D eigenvalue weighted by atomic mass is 16.1. The zero-order chi connectivity index (χ0) is 18.2. The summed E-state index contributed by atoms with van der Waals surface area (Å²) in [7, 11) is 0. The monoisotopic (exact) mass is 327 g/mol. The van der Waals surface area contributed by atoms with Crippen LogP contribution in [0, 0.1) is 40.9 Å². The second-order valence-corrected chi connectivity index (χ2v) is 5.06. The average Bonchev–Trinajstić information content (AvgIpc) is 2.64. The summed E-state index contributed by atoms with van der Waals surface area (Å²) < 4.78 is 0. The maximum Gasteiger partial charge on any atom is 0.255 e. The van der Waals surface area contributed by atoms with Crippen molar-refractivity contribution in [3.05, 3.63) is 70.9 Å². The normalized spacial score (nSPS) is 9.04. The largest absolute Gasteiger partial charge is 0.345 e. The fourth-order valence-corrected chi connectivity index (χ4v) is 2.07. The van der Waals surface area contributed by atoms with Crippen LogP contribution in [0.1, 0.15) is 15.9 Å². The first-order valence-corrected chi connectivity index (χ1v) is 7.27. The van der Waals surface area contributed by atoms with Crippen LogP contribution in [-0.4, -0.2) is 5.91 Å². The molecule has 2 aromatic rings. The molecular formula is C19H13N5O. The number of benzene rings is 2. The van der Waals surface area contributed by atoms with Crippen LogP contribution in [0.25, 0.3) is 0 Å². The van der Waals surface area contributed by atoms with Crippen LogP contribution in [-0.2, 0) is 0 Å². The van der Waals surface area contributed by atoms with Gasteiger partial charge in [0.1, 0.15) is 23.9 Å².